The summed E-state index contributed by atoms with van der Waals surface area (Å²) in [7, 11) is 0. The molecule has 0 heterocycles. The van der Waals surface area contributed by atoms with E-state index in [-0.39, 0.29) is 21.4 Å². The predicted octanol–water partition coefficient (Wildman–Crippen LogP) is 2.87. The van der Waals surface area contributed by atoms with Gasteiger partial charge in [-0.3, -0.25) is 25.2 Å². The number of hydrogen-bond donors (Lipinski definition) is 3. The lowest BCUT2D eigenvalue weighted by Crippen LogP contribution is -2.53. The van der Waals surface area contributed by atoms with Crippen molar-refractivity contribution < 1.29 is 23.5 Å². The molecule has 0 saturated carbocycles. The molecule has 10 heteroatoms. The lowest BCUT2D eigenvalue weighted by atomic mass is 10.2. The van der Waals surface area contributed by atoms with Gasteiger partial charge in [0, 0.05) is 0 Å². The van der Waals surface area contributed by atoms with Crippen LogP contribution in [0.2, 0.25) is 10.0 Å². The molecule has 2 aromatic carbocycles. The van der Waals surface area contributed by atoms with Gasteiger partial charge in [-0.1, -0.05) is 41.4 Å². The number of nitrogens with one attached hydrogen (secondary N) is 3. The fourth-order valence-corrected chi connectivity index (χ4v) is 2.52. The molecule has 0 aliphatic carbocycles. The first-order valence-electron chi connectivity index (χ1n) is 8.46. The molecule has 29 heavy (non-hydrogen) atoms. The van der Waals surface area contributed by atoms with Gasteiger partial charge >= 0.3 is 0 Å². The molecule has 0 aliphatic rings. The SMILES string of the molecule is CC(NC(=O)c1cccc(Cl)c1Cl)C(=O)NNC(=O)C(C)Oc1ccccc1F. The molecular weight excluding hydrogens is 424 g/mol. The fraction of sp³-hybridized carbons (Fsp3) is 0.211. The molecule has 0 spiro atoms. The van der Waals surface area contributed by atoms with Crippen LogP contribution in [0.25, 0.3) is 0 Å². The van der Waals surface area contributed by atoms with Gasteiger partial charge in [0.25, 0.3) is 17.7 Å². The van der Waals surface area contributed by atoms with Crippen LogP contribution in [-0.2, 0) is 9.59 Å². The summed E-state index contributed by atoms with van der Waals surface area (Å²) in [5.41, 5.74) is 4.42. The highest BCUT2D eigenvalue weighted by Crippen LogP contribution is 2.25. The molecule has 7 nitrogen and oxygen atoms in total. The number of hydrogen-bond acceptors (Lipinski definition) is 4. The fourth-order valence-electron chi connectivity index (χ4n) is 2.14. The zero-order valence-electron chi connectivity index (χ0n) is 15.5. The zero-order valence-corrected chi connectivity index (χ0v) is 17.0. The Morgan fingerprint density at radius 3 is 2.31 bits per heavy atom. The minimum Gasteiger partial charge on any atom is -0.478 e. The summed E-state index contributed by atoms with van der Waals surface area (Å²) in [5.74, 6) is -2.73. The number of benzene rings is 2. The van der Waals surface area contributed by atoms with Gasteiger partial charge in [0.1, 0.15) is 6.04 Å². The third-order valence-corrected chi connectivity index (χ3v) is 4.57. The molecule has 3 amide bonds. The largest absolute Gasteiger partial charge is 0.478 e. The summed E-state index contributed by atoms with van der Waals surface area (Å²) in [6.45, 7) is 2.80. The van der Waals surface area contributed by atoms with Crippen molar-refractivity contribution in [2.75, 3.05) is 0 Å². The van der Waals surface area contributed by atoms with Crippen LogP contribution in [0.1, 0.15) is 24.2 Å². The van der Waals surface area contributed by atoms with E-state index in [0.717, 1.165) is 0 Å². The summed E-state index contributed by atoms with van der Waals surface area (Å²) in [5, 5.41) is 2.70. The van der Waals surface area contributed by atoms with Gasteiger partial charge in [-0.05, 0) is 38.1 Å². The molecule has 2 atom stereocenters. The lowest BCUT2D eigenvalue weighted by molar-refractivity contribution is -0.133. The van der Waals surface area contributed by atoms with Crippen molar-refractivity contribution in [3.63, 3.8) is 0 Å². The van der Waals surface area contributed by atoms with Crippen molar-refractivity contribution >= 4 is 40.9 Å². The molecule has 2 unspecified atom stereocenters. The Labute approximate surface area is 176 Å². The molecule has 154 valence electrons. The van der Waals surface area contributed by atoms with Crippen molar-refractivity contribution in [2.24, 2.45) is 0 Å². The van der Waals surface area contributed by atoms with E-state index in [4.69, 9.17) is 27.9 Å². The van der Waals surface area contributed by atoms with Crippen LogP contribution in [0.3, 0.4) is 0 Å². The standard InChI is InChI=1S/C19H18Cl2FN3O4/c1-10(23-19(28)12-6-5-7-13(20)16(12)21)17(26)24-25-18(27)11(2)29-15-9-4-3-8-14(15)22/h3-11H,1-2H3,(H,23,28)(H,24,26)(H,25,27). The topological polar surface area (TPSA) is 96.5 Å². The number of carbonyl (C=O) groups is 3. The molecular formula is C19H18Cl2FN3O4. The van der Waals surface area contributed by atoms with Crippen LogP contribution in [0.15, 0.2) is 42.5 Å². The number of carbonyl (C=O) groups excluding carboxylic acids is 3. The molecule has 2 aromatic rings. The quantitative estimate of drug-likeness (QED) is 0.600. The van der Waals surface area contributed by atoms with E-state index in [1.807, 2.05) is 0 Å². The van der Waals surface area contributed by atoms with E-state index in [9.17, 15) is 18.8 Å². The highest BCUT2D eigenvalue weighted by molar-refractivity contribution is 6.43. The van der Waals surface area contributed by atoms with Gasteiger partial charge < -0.3 is 10.1 Å². The first kappa shape index (κ1) is 22.4. The Morgan fingerprint density at radius 1 is 0.966 bits per heavy atom. The van der Waals surface area contributed by atoms with Crippen LogP contribution in [0.5, 0.6) is 5.75 Å². The van der Waals surface area contributed by atoms with E-state index >= 15 is 0 Å². The van der Waals surface area contributed by atoms with Crippen LogP contribution in [-0.4, -0.2) is 29.9 Å². The van der Waals surface area contributed by atoms with Crippen molar-refractivity contribution in [3.8, 4) is 5.75 Å². The van der Waals surface area contributed by atoms with E-state index < -0.39 is 35.7 Å². The van der Waals surface area contributed by atoms with Crippen molar-refractivity contribution in [3.05, 3.63) is 63.9 Å². The summed E-state index contributed by atoms with van der Waals surface area (Å²) in [6.07, 6.45) is -1.08. The summed E-state index contributed by atoms with van der Waals surface area (Å²) in [4.78, 5) is 36.4. The Balaban J connectivity index is 1.86. The van der Waals surface area contributed by atoms with Crippen LogP contribution >= 0.6 is 23.2 Å². The maximum atomic E-state index is 13.6. The van der Waals surface area contributed by atoms with Crippen molar-refractivity contribution in [1.82, 2.24) is 16.2 Å². The number of hydrazine groups is 1. The monoisotopic (exact) mass is 441 g/mol. The maximum Gasteiger partial charge on any atom is 0.279 e. The number of para-hydroxylation sites is 1. The number of rotatable bonds is 6. The molecule has 0 bridgehead atoms. The second kappa shape index (κ2) is 10.1. The zero-order chi connectivity index (χ0) is 21.6. The first-order valence-corrected chi connectivity index (χ1v) is 9.22. The highest BCUT2D eigenvalue weighted by Gasteiger charge is 2.21. The minimum absolute atomic E-state index is 0.0618. The van der Waals surface area contributed by atoms with Crippen LogP contribution in [0, 0.1) is 5.82 Å². The van der Waals surface area contributed by atoms with Crippen molar-refractivity contribution in [2.45, 2.75) is 26.0 Å². The second-order valence-electron chi connectivity index (χ2n) is 5.97. The van der Waals surface area contributed by atoms with Crippen LogP contribution < -0.4 is 20.9 Å². The average Bonchev–Trinajstić information content (AvgIpc) is 2.69. The third-order valence-electron chi connectivity index (χ3n) is 3.76. The molecule has 0 aromatic heterocycles. The highest BCUT2D eigenvalue weighted by atomic mass is 35.5. The first-order chi connectivity index (χ1) is 13.7. The average molecular weight is 442 g/mol. The van der Waals surface area contributed by atoms with Gasteiger partial charge in [0.2, 0.25) is 0 Å². The number of ether oxygens (including phenoxy) is 1. The molecule has 0 saturated heterocycles. The van der Waals surface area contributed by atoms with Gasteiger partial charge in [-0.15, -0.1) is 0 Å². The Kier molecular flexibility index (Phi) is 7.81. The normalized spacial score (nSPS) is 12.4. The summed E-state index contributed by atoms with van der Waals surface area (Å²) >= 11 is 11.8. The molecule has 2 rings (SSSR count). The molecule has 0 fully saturated rings. The van der Waals surface area contributed by atoms with Gasteiger partial charge in [-0.25, -0.2) is 4.39 Å². The van der Waals surface area contributed by atoms with Gasteiger partial charge in [-0.2, -0.15) is 0 Å². The van der Waals surface area contributed by atoms with Crippen molar-refractivity contribution in [1.29, 1.82) is 0 Å². The molecule has 0 radical (unpaired) electrons. The Hall–Kier alpha value is -2.84. The third kappa shape index (κ3) is 6.07. The van der Waals surface area contributed by atoms with E-state index in [2.05, 4.69) is 16.2 Å². The Bertz CT molecular complexity index is 926. The number of halogens is 3. The molecule has 0 aliphatic heterocycles. The minimum atomic E-state index is -1.08. The molecule has 3 N–H and O–H groups in total. The maximum absolute atomic E-state index is 13.6. The van der Waals surface area contributed by atoms with Gasteiger partial charge in [0.15, 0.2) is 17.7 Å². The summed E-state index contributed by atoms with van der Waals surface area (Å²) in [6, 6.07) is 9.13. The van der Waals surface area contributed by atoms with E-state index in [0.29, 0.717) is 0 Å². The summed E-state index contributed by atoms with van der Waals surface area (Å²) < 4.78 is 18.8. The smallest absolute Gasteiger partial charge is 0.279 e. The second-order valence-corrected chi connectivity index (χ2v) is 6.75. The number of amides is 3. The predicted molar refractivity (Wildman–Crippen MR) is 106 cm³/mol. The van der Waals surface area contributed by atoms with Crippen LogP contribution in [0.4, 0.5) is 4.39 Å². The van der Waals surface area contributed by atoms with E-state index in [1.165, 1.54) is 44.2 Å². The van der Waals surface area contributed by atoms with Gasteiger partial charge in [0.05, 0.1) is 15.6 Å². The lowest BCUT2D eigenvalue weighted by Gasteiger charge is -2.18. The Morgan fingerprint density at radius 2 is 1.62 bits per heavy atom. The van der Waals surface area contributed by atoms with E-state index in [1.54, 1.807) is 12.1 Å².